The van der Waals surface area contributed by atoms with Crippen LogP contribution in [0, 0.1) is 0 Å². The average molecular weight is 528 g/mol. The van der Waals surface area contributed by atoms with E-state index in [1.165, 1.54) is 19.1 Å². The Morgan fingerprint density at radius 1 is 0.947 bits per heavy atom. The number of nitrogens with zero attached hydrogens (tertiary/aromatic N) is 1. The van der Waals surface area contributed by atoms with Crippen LogP contribution in [0.3, 0.4) is 0 Å². The quantitative estimate of drug-likeness (QED) is 0.259. The normalized spacial score (nSPS) is 14.1. The van der Waals surface area contributed by atoms with Crippen LogP contribution in [0.25, 0.3) is 11.1 Å². The molecule has 0 saturated carbocycles. The largest absolute Gasteiger partial charge is 0.490 e. The summed E-state index contributed by atoms with van der Waals surface area (Å²) in [7, 11) is 0. The highest BCUT2D eigenvalue weighted by Crippen LogP contribution is 2.43. The Morgan fingerprint density at radius 2 is 1.63 bits per heavy atom. The second-order valence-electron chi connectivity index (χ2n) is 9.72. The lowest BCUT2D eigenvalue weighted by molar-refractivity contribution is -0.211. The van der Waals surface area contributed by atoms with Gasteiger partial charge in [-0.05, 0) is 65.6 Å². The van der Waals surface area contributed by atoms with Gasteiger partial charge in [-0.2, -0.15) is 13.2 Å². The van der Waals surface area contributed by atoms with E-state index in [0.717, 1.165) is 28.9 Å². The number of hydrogen-bond donors (Lipinski definition) is 0. The summed E-state index contributed by atoms with van der Waals surface area (Å²) in [5.74, 6) is -0.150. The van der Waals surface area contributed by atoms with E-state index in [4.69, 9.17) is 9.62 Å². The third-order valence-electron chi connectivity index (χ3n) is 6.33. The third kappa shape index (κ3) is 5.77. The number of carbonyl (C=O) groups is 2. The van der Waals surface area contributed by atoms with Gasteiger partial charge in [0.25, 0.3) is 0 Å². The summed E-state index contributed by atoms with van der Waals surface area (Å²) in [6.07, 6.45) is -4.29. The SMILES string of the molecule is CCOc1cc(CC(=O)N2CC(C)(C)c3cc(-c4ccc(C(F)(F)F)cc4)ccc32)ccc1OOC(C)=O. The van der Waals surface area contributed by atoms with Gasteiger partial charge in [0.2, 0.25) is 11.7 Å². The lowest BCUT2D eigenvalue weighted by Crippen LogP contribution is -2.34. The Balaban J connectivity index is 1.56. The lowest BCUT2D eigenvalue weighted by atomic mass is 9.85. The highest BCUT2D eigenvalue weighted by atomic mass is 19.4. The van der Waals surface area contributed by atoms with Gasteiger partial charge in [0.1, 0.15) is 0 Å². The molecule has 1 heterocycles. The van der Waals surface area contributed by atoms with Crippen molar-refractivity contribution in [2.24, 2.45) is 0 Å². The fraction of sp³-hybridized carbons (Fsp3) is 0.310. The number of ether oxygens (including phenoxy) is 1. The van der Waals surface area contributed by atoms with Crippen molar-refractivity contribution < 1.29 is 37.3 Å². The van der Waals surface area contributed by atoms with Gasteiger partial charge in [-0.15, -0.1) is 0 Å². The van der Waals surface area contributed by atoms with Crippen molar-refractivity contribution >= 4 is 17.6 Å². The molecule has 0 aliphatic carbocycles. The van der Waals surface area contributed by atoms with Gasteiger partial charge in [0.15, 0.2) is 5.75 Å². The maximum Gasteiger partial charge on any atom is 0.416 e. The number of amides is 1. The van der Waals surface area contributed by atoms with Gasteiger partial charge >= 0.3 is 12.1 Å². The van der Waals surface area contributed by atoms with Crippen LogP contribution in [0.5, 0.6) is 11.5 Å². The first-order chi connectivity index (χ1) is 17.9. The molecule has 0 atom stereocenters. The molecule has 0 bridgehead atoms. The Kier molecular flexibility index (Phi) is 7.40. The van der Waals surface area contributed by atoms with E-state index in [0.29, 0.717) is 30.0 Å². The average Bonchev–Trinajstić information content (AvgIpc) is 3.13. The van der Waals surface area contributed by atoms with Crippen LogP contribution < -0.4 is 14.5 Å². The minimum atomic E-state index is -4.39. The fourth-order valence-electron chi connectivity index (χ4n) is 4.51. The second-order valence-corrected chi connectivity index (χ2v) is 9.72. The van der Waals surface area contributed by atoms with Crippen molar-refractivity contribution in [3.8, 4) is 22.6 Å². The number of anilines is 1. The zero-order valence-corrected chi connectivity index (χ0v) is 21.5. The minimum Gasteiger partial charge on any atom is -0.490 e. The number of benzene rings is 3. The number of hydrogen-bond acceptors (Lipinski definition) is 5. The Morgan fingerprint density at radius 3 is 2.26 bits per heavy atom. The standard InChI is InChI=1S/C29H28F3NO5/c1-5-36-26-14-19(6-13-25(26)38-37-18(2)34)15-27(35)33-17-28(3,4)23-16-21(9-12-24(23)33)20-7-10-22(11-8-20)29(30,31)32/h6-14,16H,5,15,17H2,1-4H3. The first kappa shape index (κ1) is 27.0. The molecule has 0 fully saturated rings. The highest BCUT2D eigenvalue weighted by molar-refractivity contribution is 5.98. The first-order valence-corrected chi connectivity index (χ1v) is 12.1. The maximum atomic E-state index is 13.4. The maximum absolute atomic E-state index is 13.4. The van der Waals surface area contributed by atoms with E-state index in [2.05, 4.69) is 4.89 Å². The fourth-order valence-corrected chi connectivity index (χ4v) is 4.51. The monoisotopic (exact) mass is 527 g/mol. The van der Waals surface area contributed by atoms with Crippen LogP contribution >= 0.6 is 0 Å². The van der Waals surface area contributed by atoms with Gasteiger partial charge in [-0.1, -0.05) is 38.1 Å². The van der Waals surface area contributed by atoms with Crippen LogP contribution in [-0.4, -0.2) is 25.0 Å². The van der Waals surface area contributed by atoms with Gasteiger partial charge in [-0.25, -0.2) is 4.79 Å². The molecule has 4 rings (SSSR count). The molecule has 6 nitrogen and oxygen atoms in total. The summed E-state index contributed by atoms with van der Waals surface area (Å²) >= 11 is 0. The summed E-state index contributed by atoms with van der Waals surface area (Å²) in [5.41, 5.74) is 2.81. The summed E-state index contributed by atoms with van der Waals surface area (Å²) < 4.78 is 44.4. The third-order valence-corrected chi connectivity index (χ3v) is 6.33. The molecule has 1 aliphatic heterocycles. The Labute approximate surface area is 218 Å². The molecular formula is C29H28F3NO5. The summed E-state index contributed by atoms with van der Waals surface area (Å²) in [4.78, 5) is 35.8. The van der Waals surface area contributed by atoms with E-state index in [1.807, 2.05) is 32.0 Å². The van der Waals surface area contributed by atoms with Gasteiger partial charge in [0.05, 0.1) is 18.6 Å². The Bertz CT molecular complexity index is 1350. The summed E-state index contributed by atoms with van der Waals surface area (Å²) in [5, 5.41) is 0. The predicted molar refractivity (Wildman–Crippen MR) is 136 cm³/mol. The van der Waals surface area contributed by atoms with Crippen molar-refractivity contribution in [2.45, 2.75) is 45.7 Å². The van der Waals surface area contributed by atoms with E-state index in [9.17, 15) is 22.8 Å². The van der Waals surface area contributed by atoms with Gasteiger partial charge < -0.3 is 9.64 Å². The molecule has 0 unspecified atom stereocenters. The number of halogens is 3. The predicted octanol–water partition coefficient (Wildman–Crippen LogP) is 6.49. The first-order valence-electron chi connectivity index (χ1n) is 12.1. The summed E-state index contributed by atoms with van der Waals surface area (Å²) in [6.45, 7) is 7.89. The van der Waals surface area contributed by atoms with E-state index in [-0.39, 0.29) is 23.5 Å². The zero-order valence-electron chi connectivity index (χ0n) is 21.5. The summed E-state index contributed by atoms with van der Waals surface area (Å²) in [6, 6.07) is 15.6. The van der Waals surface area contributed by atoms with Crippen LogP contribution in [-0.2, 0) is 32.5 Å². The van der Waals surface area contributed by atoms with Crippen molar-refractivity contribution in [1.29, 1.82) is 0 Å². The van der Waals surface area contributed by atoms with Crippen LogP contribution in [0.15, 0.2) is 60.7 Å². The molecule has 9 heteroatoms. The van der Waals surface area contributed by atoms with Crippen molar-refractivity contribution in [2.75, 3.05) is 18.1 Å². The molecule has 0 spiro atoms. The van der Waals surface area contributed by atoms with Crippen molar-refractivity contribution in [3.05, 3.63) is 77.4 Å². The van der Waals surface area contributed by atoms with Crippen LogP contribution in [0.4, 0.5) is 18.9 Å². The van der Waals surface area contributed by atoms with Crippen LogP contribution in [0.2, 0.25) is 0 Å². The van der Waals surface area contributed by atoms with Gasteiger partial charge in [-0.3, -0.25) is 14.6 Å². The van der Waals surface area contributed by atoms with Crippen molar-refractivity contribution in [3.63, 3.8) is 0 Å². The van der Waals surface area contributed by atoms with Crippen LogP contribution in [0.1, 0.15) is 44.4 Å². The molecule has 38 heavy (non-hydrogen) atoms. The smallest absolute Gasteiger partial charge is 0.416 e. The molecule has 0 saturated heterocycles. The van der Waals surface area contributed by atoms with Crippen molar-refractivity contribution in [1.82, 2.24) is 0 Å². The molecule has 0 radical (unpaired) electrons. The number of fused-ring (bicyclic) bond motifs is 1. The molecule has 3 aromatic rings. The topological polar surface area (TPSA) is 65.1 Å². The molecule has 1 amide bonds. The van der Waals surface area contributed by atoms with E-state index >= 15 is 0 Å². The second kappa shape index (κ2) is 10.4. The molecular weight excluding hydrogens is 499 g/mol. The molecule has 1 aliphatic rings. The molecule has 200 valence electrons. The number of rotatable bonds is 7. The minimum absolute atomic E-state index is 0.101. The zero-order chi connectivity index (χ0) is 27.7. The molecule has 0 aromatic heterocycles. The number of carbonyl (C=O) groups excluding carboxylic acids is 2. The highest BCUT2D eigenvalue weighted by Gasteiger charge is 2.38. The molecule has 0 N–H and O–H groups in total. The number of alkyl halides is 3. The van der Waals surface area contributed by atoms with Gasteiger partial charge in [0, 0.05) is 24.6 Å². The van der Waals surface area contributed by atoms with E-state index < -0.39 is 17.7 Å². The lowest BCUT2D eigenvalue weighted by Gasteiger charge is -2.21. The Hall–Kier alpha value is -4.01. The van der Waals surface area contributed by atoms with E-state index in [1.54, 1.807) is 30.0 Å². The molecule has 3 aromatic carbocycles.